The molecule has 0 N–H and O–H groups in total. The lowest BCUT2D eigenvalue weighted by Gasteiger charge is -2.25. The molecule has 1 atom stereocenters. The zero-order valence-corrected chi connectivity index (χ0v) is 12.4. The summed E-state index contributed by atoms with van der Waals surface area (Å²) in [5, 5.41) is 8.52. The van der Waals surface area contributed by atoms with Crippen LogP contribution in [0.25, 0.3) is 0 Å². The third kappa shape index (κ3) is 2.84. The molecule has 2 rings (SSSR count). The van der Waals surface area contributed by atoms with Gasteiger partial charge in [-0.3, -0.25) is 14.5 Å². The molecule has 1 aromatic rings. The largest absolute Gasteiger partial charge is 0.449 e. The molecule has 1 heterocycles. The smallest absolute Gasteiger partial charge is 0.330 e. The van der Waals surface area contributed by atoms with Crippen LogP contribution in [0.3, 0.4) is 0 Å². The quantitative estimate of drug-likeness (QED) is 0.611. The molecule has 114 valence electrons. The summed E-state index contributed by atoms with van der Waals surface area (Å²) in [6.45, 7) is 3.35. The second kappa shape index (κ2) is 6.39. The van der Waals surface area contributed by atoms with Gasteiger partial charge in [0.1, 0.15) is 12.1 Å². The van der Waals surface area contributed by atoms with Crippen LogP contribution in [0, 0.1) is 17.2 Å². The second-order valence-electron chi connectivity index (χ2n) is 5.44. The van der Waals surface area contributed by atoms with Crippen LogP contribution in [0.5, 0.6) is 0 Å². The highest BCUT2D eigenvalue weighted by Gasteiger charge is 2.43. The van der Waals surface area contributed by atoms with Gasteiger partial charge in [0.15, 0.2) is 6.61 Å². The molecule has 0 fully saturated rings. The maximum absolute atomic E-state index is 12.4. The highest BCUT2D eigenvalue weighted by molar-refractivity contribution is 6.22. The van der Waals surface area contributed by atoms with Gasteiger partial charge in [-0.1, -0.05) is 26.0 Å². The van der Waals surface area contributed by atoms with E-state index in [1.54, 1.807) is 30.3 Å². The molecule has 1 aliphatic heterocycles. The van der Waals surface area contributed by atoms with Gasteiger partial charge in [-0.05, 0) is 24.5 Å². The van der Waals surface area contributed by atoms with Crippen molar-refractivity contribution in [3.8, 4) is 6.07 Å². The average Bonchev–Trinajstić information content (AvgIpc) is 2.74. The van der Waals surface area contributed by atoms with Crippen molar-refractivity contribution < 1.29 is 19.1 Å². The Morgan fingerprint density at radius 3 is 2.23 bits per heavy atom. The number of benzene rings is 1. The number of fused-ring (bicyclic) bond motifs is 1. The Kier molecular flexibility index (Phi) is 4.56. The first-order valence-corrected chi connectivity index (χ1v) is 6.97. The van der Waals surface area contributed by atoms with Crippen LogP contribution in [0.2, 0.25) is 0 Å². The van der Waals surface area contributed by atoms with E-state index in [-0.39, 0.29) is 23.5 Å². The van der Waals surface area contributed by atoms with Gasteiger partial charge in [0.05, 0.1) is 11.1 Å². The van der Waals surface area contributed by atoms with Gasteiger partial charge >= 0.3 is 5.97 Å². The number of amides is 2. The molecule has 2 amide bonds. The van der Waals surface area contributed by atoms with Gasteiger partial charge in [-0.25, -0.2) is 4.79 Å². The van der Waals surface area contributed by atoms with Crippen molar-refractivity contribution in [2.24, 2.45) is 5.92 Å². The van der Waals surface area contributed by atoms with E-state index in [4.69, 9.17) is 10.00 Å². The van der Waals surface area contributed by atoms with Crippen molar-refractivity contribution in [3.63, 3.8) is 0 Å². The number of hydrogen-bond acceptors (Lipinski definition) is 5. The molecule has 1 aliphatic rings. The van der Waals surface area contributed by atoms with E-state index in [0.29, 0.717) is 0 Å². The summed E-state index contributed by atoms with van der Waals surface area (Å²) >= 11 is 0. The molecule has 0 aromatic heterocycles. The Balaban J connectivity index is 2.33. The number of hydrogen-bond donors (Lipinski definition) is 0. The van der Waals surface area contributed by atoms with Crippen molar-refractivity contribution >= 4 is 17.8 Å². The van der Waals surface area contributed by atoms with Gasteiger partial charge in [0, 0.05) is 0 Å². The van der Waals surface area contributed by atoms with Gasteiger partial charge in [-0.2, -0.15) is 5.26 Å². The van der Waals surface area contributed by atoms with Crippen molar-refractivity contribution in [1.29, 1.82) is 5.26 Å². The lowest BCUT2D eigenvalue weighted by atomic mass is 10.0. The van der Waals surface area contributed by atoms with E-state index in [1.807, 2.05) is 13.8 Å². The van der Waals surface area contributed by atoms with Gasteiger partial charge in [-0.15, -0.1) is 0 Å². The monoisotopic (exact) mass is 300 g/mol. The molecule has 6 heteroatoms. The minimum atomic E-state index is -1.01. The normalized spacial score (nSPS) is 14.7. The molecule has 0 spiro atoms. The van der Waals surface area contributed by atoms with Crippen molar-refractivity contribution in [1.82, 2.24) is 4.90 Å². The van der Waals surface area contributed by atoms with E-state index in [1.165, 1.54) is 0 Å². The second-order valence-corrected chi connectivity index (χ2v) is 5.44. The summed E-state index contributed by atoms with van der Waals surface area (Å²) in [4.78, 5) is 38.0. The first kappa shape index (κ1) is 15.7. The number of esters is 1. The Labute approximate surface area is 128 Å². The first-order chi connectivity index (χ1) is 10.5. The third-order valence-electron chi connectivity index (χ3n) is 3.38. The first-order valence-electron chi connectivity index (χ1n) is 6.97. The van der Waals surface area contributed by atoms with E-state index in [9.17, 15) is 14.4 Å². The number of rotatable bonds is 5. The standard InChI is InChI=1S/C16H16N2O4/c1-10(2)9-13(16(21)22-8-7-17)18-14(19)11-5-3-4-6-12(11)15(18)20/h3-6,10,13H,8-9H2,1-2H3. The van der Waals surface area contributed by atoms with Gasteiger partial charge < -0.3 is 4.74 Å². The molecular formula is C16H16N2O4. The molecule has 22 heavy (non-hydrogen) atoms. The van der Waals surface area contributed by atoms with E-state index in [2.05, 4.69) is 0 Å². The Bertz CT molecular complexity index is 625. The molecule has 0 saturated heterocycles. The van der Waals surface area contributed by atoms with Crippen LogP contribution in [-0.4, -0.2) is 35.3 Å². The molecule has 0 saturated carbocycles. The zero-order chi connectivity index (χ0) is 16.3. The van der Waals surface area contributed by atoms with Gasteiger partial charge in [0.25, 0.3) is 11.8 Å². The molecule has 1 aromatic carbocycles. The fourth-order valence-electron chi connectivity index (χ4n) is 2.44. The fourth-order valence-corrected chi connectivity index (χ4v) is 2.44. The Morgan fingerprint density at radius 2 is 1.77 bits per heavy atom. The number of carbonyl (C=O) groups excluding carboxylic acids is 3. The van der Waals surface area contributed by atoms with E-state index >= 15 is 0 Å². The van der Waals surface area contributed by atoms with Crippen LogP contribution in [0.4, 0.5) is 0 Å². The minimum Gasteiger partial charge on any atom is -0.449 e. The predicted molar refractivity (Wildman–Crippen MR) is 76.8 cm³/mol. The van der Waals surface area contributed by atoms with Crippen LogP contribution in [-0.2, 0) is 9.53 Å². The van der Waals surface area contributed by atoms with Crippen molar-refractivity contribution in [3.05, 3.63) is 35.4 Å². The molecular weight excluding hydrogens is 284 g/mol. The molecule has 0 aliphatic carbocycles. The van der Waals surface area contributed by atoms with Gasteiger partial charge in [0.2, 0.25) is 0 Å². The summed E-state index contributed by atoms with van der Waals surface area (Å²) in [5.41, 5.74) is 0.573. The number of nitriles is 1. The minimum absolute atomic E-state index is 0.0731. The molecule has 0 radical (unpaired) electrons. The maximum atomic E-state index is 12.4. The Morgan fingerprint density at radius 1 is 1.23 bits per heavy atom. The molecule has 6 nitrogen and oxygen atoms in total. The topological polar surface area (TPSA) is 87.5 Å². The highest BCUT2D eigenvalue weighted by Crippen LogP contribution is 2.27. The van der Waals surface area contributed by atoms with E-state index in [0.717, 1.165) is 4.90 Å². The summed E-state index contributed by atoms with van der Waals surface area (Å²) in [6.07, 6.45) is 0.287. The third-order valence-corrected chi connectivity index (χ3v) is 3.38. The highest BCUT2D eigenvalue weighted by atomic mass is 16.5. The Hall–Kier alpha value is -2.68. The summed E-state index contributed by atoms with van der Waals surface area (Å²) in [6, 6.07) is 7.14. The lowest BCUT2D eigenvalue weighted by Crippen LogP contribution is -2.46. The summed E-state index contributed by atoms with van der Waals surface area (Å²) in [5.74, 6) is -1.66. The van der Waals surface area contributed by atoms with Crippen molar-refractivity contribution in [2.75, 3.05) is 6.61 Å². The lowest BCUT2D eigenvalue weighted by molar-refractivity contribution is -0.147. The summed E-state index contributed by atoms with van der Waals surface area (Å²) < 4.78 is 4.82. The van der Waals surface area contributed by atoms with E-state index < -0.39 is 30.4 Å². The van der Waals surface area contributed by atoms with Crippen LogP contribution < -0.4 is 0 Å². The zero-order valence-electron chi connectivity index (χ0n) is 12.4. The molecule has 1 unspecified atom stereocenters. The fraction of sp³-hybridized carbons (Fsp3) is 0.375. The number of carbonyl (C=O) groups is 3. The maximum Gasteiger partial charge on any atom is 0.330 e. The van der Waals surface area contributed by atoms with Crippen LogP contribution >= 0.6 is 0 Å². The SMILES string of the molecule is CC(C)CC(C(=O)OCC#N)N1C(=O)c2ccccc2C1=O. The van der Waals surface area contributed by atoms with Crippen LogP contribution in [0.15, 0.2) is 24.3 Å². The van der Waals surface area contributed by atoms with Crippen molar-refractivity contribution in [2.45, 2.75) is 26.3 Å². The summed E-state index contributed by atoms with van der Waals surface area (Å²) in [7, 11) is 0. The average molecular weight is 300 g/mol. The predicted octanol–water partition coefficient (Wildman–Crippen LogP) is 1.76. The number of ether oxygens (including phenoxy) is 1. The number of nitrogens with zero attached hydrogens (tertiary/aromatic N) is 2. The molecule has 0 bridgehead atoms. The van der Waals surface area contributed by atoms with Crippen LogP contribution in [0.1, 0.15) is 41.0 Å². The number of imide groups is 1.